The first-order chi connectivity index (χ1) is 8.75. The summed E-state index contributed by atoms with van der Waals surface area (Å²) in [4.78, 5) is 13.6. The quantitative estimate of drug-likeness (QED) is 0.699. The maximum absolute atomic E-state index is 11.9. The Morgan fingerprint density at radius 2 is 2.22 bits per heavy atom. The van der Waals surface area contributed by atoms with Gasteiger partial charge in [0.1, 0.15) is 0 Å². The van der Waals surface area contributed by atoms with Gasteiger partial charge < -0.3 is 20.6 Å². The number of hydrogen-bond acceptors (Lipinski definition) is 3. The molecule has 0 saturated carbocycles. The molecule has 5 nitrogen and oxygen atoms in total. The SMILES string of the molecule is O=C(NCc1ccccc1)N1CCNCC(O)C1. The molecular weight excluding hydrogens is 230 g/mol. The number of carbonyl (C=O) groups excluding carboxylic acids is 1. The number of hydrogen-bond donors (Lipinski definition) is 3. The highest BCUT2D eigenvalue weighted by atomic mass is 16.3. The minimum absolute atomic E-state index is 0.124. The van der Waals surface area contributed by atoms with Crippen LogP contribution in [0.2, 0.25) is 0 Å². The molecule has 0 aliphatic carbocycles. The molecule has 0 bridgehead atoms. The Hall–Kier alpha value is -1.59. The van der Waals surface area contributed by atoms with Crippen molar-refractivity contribution in [3.8, 4) is 0 Å². The van der Waals surface area contributed by atoms with E-state index < -0.39 is 6.10 Å². The zero-order chi connectivity index (χ0) is 12.8. The molecule has 3 N–H and O–H groups in total. The predicted molar refractivity (Wildman–Crippen MR) is 69.1 cm³/mol. The maximum Gasteiger partial charge on any atom is 0.317 e. The van der Waals surface area contributed by atoms with Gasteiger partial charge in [0.15, 0.2) is 0 Å². The van der Waals surface area contributed by atoms with Crippen molar-refractivity contribution >= 4 is 6.03 Å². The van der Waals surface area contributed by atoms with Crippen LogP contribution in [0.25, 0.3) is 0 Å². The number of aliphatic hydroxyl groups excluding tert-OH is 1. The fourth-order valence-electron chi connectivity index (χ4n) is 1.96. The zero-order valence-corrected chi connectivity index (χ0v) is 10.3. The summed E-state index contributed by atoms with van der Waals surface area (Å²) >= 11 is 0. The van der Waals surface area contributed by atoms with E-state index in [9.17, 15) is 9.90 Å². The average Bonchev–Trinajstić information content (AvgIpc) is 2.62. The van der Waals surface area contributed by atoms with E-state index in [1.165, 1.54) is 0 Å². The number of urea groups is 1. The van der Waals surface area contributed by atoms with Gasteiger partial charge in [-0.1, -0.05) is 30.3 Å². The predicted octanol–water partition coefficient (Wildman–Crippen LogP) is 0.162. The van der Waals surface area contributed by atoms with Gasteiger partial charge in [-0.15, -0.1) is 0 Å². The van der Waals surface area contributed by atoms with Gasteiger partial charge in [0, 0.05) is 32.7 Å². The van der Waals surface area contributed by atoms with Gasteiger partial charge >= 0.3 is 6.03 Å². The molecular formula is C13H19N3O2. The average molecular weight is 249 g/mol. The van der Waals surface area contributed by atoms with E-state index in [1.54, 1.807) is 4.90 Å². The van der Waals surface area contributed by atoms with Crippen LogP contribution in [0.3, 0.4) is 0 Å². The van der Waals surface area contributed by atoms with Crippen molar-refractivity contribution < 1.29 is 9.90 Å². The van der Waals surface area contributed by atoms with E-state index >= 15 is 0 Å². The number of aliphatic hydroxyl groups is 1. The molecule has 5 heteroatoms. The number of benzene rings is 1. The van der Waals surface area contributed by atoms with Crippen LogP contribution in [0.4, 0.5) is 4.79 Å². The van der Waals surface area contributed by atoms with Crippen molar-refractivity contribution in [1.82, 2.24) is 15.5 Å². The molecule has 0 aromatic heterocycles. The van der Waals surface area contributed by atoms with Crippen LogP contribution in [0, 0.1) is 0 Å². The third kappa shape index (κ3) is 3.72. The van der Waals surface area contributed by atoms with Gasteiger partial charge in [0.25, 0.3) is 0 Å². The van der Waals surface area contributed by atoms with Gasteiger partial charge in [0.05, 0.1) is 6.10 Å². The molecule has 0 radical (unpaired) electrons. The van der Waals surface area contributed by atoms with Gasteiger partial charge in [-0.2, -0.15) is 0 Å². The van der Waals surface area contributed by atoms with Crippen LogP contribution in [0.1, 0.15) is 5.56 Å². The van der Waals surface area contributed by atoms with E-state index in [2.05, 4.69) is 10.6 Å². The molecule has 1 fully saturated rings. The summed E-state index contributed by atoms with van der Waals surface area (Å²) in [5.41, 5.74) is 1.07. The molecule has 1 aromatic carbocycles. The highest BCUT2D eigenvalue weighted by molar-refractivity contribution is 5.74. The zero-order valence-electron chi connectivity index (χ0n) is 10.3. The number of nitrogens with zero attached hydrogens (tertiary/aromatic N) is 1. The second-order valence-corrected chi connectivity index (χ2v) is 4.45. The molecule has 2 amide bonds. The molecule has 0 spiro atoms. The van der Waals surface area contributed by atoms with Gasteiger partial charge in [0.2, 0.25) is 0 Å². The summed E-state index contributed by atoms with van der Waals surface area (Å²) in [7, 11) is 0. The second-order valence-electron chi connectivity index (χ2n) is 4.45. The highest BCUT2D eigenvalue weighted by Crippen LogP contribution is 2.00. The first-order valence-electron chi connectivity index (χ1n) is 6.21. The Morgan fingerprint density at radius 3 is 3.00 bits per heavy atom. The van der Waals surface area contributed by atoms with Crippen LogP contribution in [-0.4, -0.2) is 48.3 Å². The number of rotatable bonds is 2. The highest BCUT2D eigenvalue weighted by Gasteiger charge is 2.19. The lowest BCUT2D eigenvalue weighted by Gasteiger charge is -2.22. The lowest BCUT2D eigenvalue weighted by molar-refractivity contribution is 0.135. The molecule has 1 saturated heterocycles. The molecule has 1 heterocycles. The van der Waals surface area contributed by atoms with Crippen molar-refractivity contribution in [3.05, 3.63) is 35.9 Å². The largest absolute Gasteiger partial charge is 0.390 e. The van der Waals surface area contributed by atoms with Crippen molar-refractivity contribution in [2.75, 3.05) is 26.2 Å². The smallest absolute Gasteiger partial charge is 0.317 e. The van der Waals surface area contributed by atoms with Crippen molar-refractivity contribution in [1.29, 1.82) is 0 Å². The minimum Gasteiger partial charge on any atom is -0.390 e. The van der Waals surface area contributed by atoms with E-state index in [-0.39, 0.29) is 6.03 Å². The first kappa shape index (κ1) is 12.9. The maximum atomic E-state index is 11.9. The Labute approximate surface area is 107 Å². The number of nitrogens with one attached hydrogen (secondary N) is 2. The normalized spacial score (nSPS) is 20.3. The molecule has 1 aromatic rings. The number of β-amino-alcohol motifs (C(OH)–C–C–N with tert-alkyl or cyclic N) is 1. The van der Waals surface area contributed by atoms with E-state index in [4.69, 9.17) is 0 Å². The Balaban J connectivity index is 1.83. The fraction of sp³-hybridized carbons (Fsp3) is 0.462. The van der Waals surface area contributed by atoms with Crippen LogP contribution < -0.4 is 10.6 Å². The van der Waals surface area contributed by atoms with Crippen LogP contribution in [-0.2, 0) is 6.54 Å². The van der Waals surface area contributed by atoms with E-state index in [0.717, 1.165) is 12.1 Å². The van der Waals surface area contributed by atoms with Crippen molar-refractivity contribution in [2.45, 2.75) is 12.6 Å². The summed E-state index contributed by atoms with van der Waals surface area (Å²) in [6, 6.07) is 9.66. The standard InChI is InChI=1S/C13H19N3O2/c17-12-9-14-6-7-16(10-12)13(18)15-8-11-4-2-1-3-5-11/h1-5,12,14,17H,6-10H2,(H,15,18). The lowest BCUT2D eigenvalue weighted by atomic mass is 10.2. The van der Waals surface area contributed by atoms with E-state index in [0.29, 0.717) is 26.2 Å². The number of amides is 2. The van der Waals surface area contributed by atoms with Crippen molar-refractivity contribution in [2.24, 2.45) is 0 Å². The third-order valence-electron chi connectivity index (χ3n) is 2.94. The number of carbonyl (C=O) groups is 1. The molecule has 98 valence electrons. The van der Waals surface area contributed by atoms with E-state index in [1.807, 2.05) is 30.3 Å². The Bertz CT molecular complexity index is 383. The molecule has 1 aliphatic rings. The summed E-state index contributed by atoms with van der Waals surface area (Å²) < 4.78 is 0. The first-order valence-corrected chi connectivity index (χ1v) is 6.21. The molecule has 2 rings (SSSR count). The Kier molecular flexibility index (Phi) is 4.55. The second kappa shape index (κ2) is 6.37. The summed E-state index contributed by atoms with van der Waals surface area (Å²) in [6.07, 6.45) is -0.491. The van der Waals surface area contributed by atoms with Crippen LogP contribution >= 0.6 is 0 Å². The van der Waals surface area contributed by atoms with Crippen LogP contribution in [0.15, 0.2) is 30.3 Å². The summed E-state index contributed by atoms with van der Waals surface area (Å²) in [6.45, 7) is 2.78. The molecule has 1 aliphatic heterocycles. The molecule has 1 unspecified atom stereocenters. The van der Waals surface area contributed by atoms with Gasteiger partial charge in [-0.25, -0.2) is 4.79 Å². The van der Waals surface area contributed by atoms with Gasteiger partial charge in [-0.3, -0.25) is 0 Å². The third-order valence-corrected chi connectivity index (χ3v) is 2.94. The Morgan fingerprint density at radius 1 is 1.44 bits per heavy atom. The summed E-state index contributed by atoms with van der Waals surface area (Å²) in [5, 5.41) is 15.6. The van der Waals surface area contributed by atoms with Crippen molar-refractivity contribution in [3.63, 3.8) is 0 Å². The topological polar surface area (TPSA) is 64.6 Å². The monoisotopic (exact) mass is 249 g/mol. The van der Waals surface area contributed by atoms with Gasteiger partial charge in [-0.05, 0) is 5.56 Å². The lowest BCUT2D eigenvalue weighted by Crippen LogP contribution is -2.43. The summed E-state index contributed by atoms with van der Waals surface area (Å²) in [5.74, 6) is 0. The van der Waals surface area contributed by atoms with Crippen LogP contribution in [0.5, 0.6) is 0 Å². The minimum atomic E-state index is -0.491. The molecule has 18 heavy (non-hydrogen) atoms. The fourth-order valence-corrected chi connectivity index (χ4v) is 1.96. The molecule has 1 atom stereocenters.